The quantitative estimate of drug-likeness (QED) is 0.765. The first-order valence-electron chi connectivity index (χ1n) is 7.62. The molecule has 1 aliphatic carbocycles. The summed E-state index contributed by atoms with van der Waals surface area (Å²) < 4.78 is 0. The maximum absolute atomic E-state index is 11.8. The van der Waals surface area contributed by atoms with E-state index < -0.39 is 0 Å². The first kappa shape index (κ1) is 14.0. The van der Waals surface area contributed by atoms with Crippen LogP contribution in [0.2, 0.25) is 0 Å². The molecule has 0 aromatic heterocycles. The van der Waals surface area contributed by atoms with Crippen molar-refractivity contribution in [2.75, 3.05) is 39.3 Å². The van der Waals surface area contributed by atoms with E-state index in [2.05, 4.69) is 23.6 Å². The molecule has 0 aromatic rings. The van der Waals surface area contributed by atoms with E-state index in [1.165, 1.54) is 26.1 Å². The van der Waals surface area contributed by atoms with E-state index >= 15 is 0 Å². The highest BCUT2D eigenvalue weighted by Gasteiger charge is 2.26. The Morgan fingerprint density at radius 2 is 1.78 bits per heavy atom. The van der Waals surface area contributed by atoms with Crippen LogP contribution in [0.4, 0.5) is 0 Å². The Balaban J connectivity index is 1.71. The molecule has 1 unspecified atom stereocenters. The van der Waals surface area contributed by atoms with Gasteiger partial charge in [-0.15, -0.1) is 0 Å². The van der Waals surface area contributed by atoms with Gasteiger partial charge in [0.1, 0.15) is 5.78 Å². The zero-order valence-corrected chi connectivity index (χ0v) is 12.0. The second kappa shape index (κ2) is 6.67. The van der Waals surface area contributed by atoms with Crippen molar-refractivity contribution in [1.29, 1.82) is 0 Å². The molecule has 1 atom stereocenters. The van der Waals surface area contributed by atoms with Gasteiger partial charge in [0.05, 0.1) is 0 Å². The minimum atomic E-state index is 0.343. The Morgan fingerprint density at radius 3 is 2.39 bits per heavy atom. The van der Waals surface area contributed by atoms with Crippen LogP contribution >= 0.6 is 0 Å². The molecular formula is C15H28N2O. The second-order valence-corrected chi connectivity index (χ2v) is 6.40. The van der Waals surface area contributed by atoms with Gasteiger partial charge >= 0.3 is 0 Å². The molecule has 2 rings (SSSR count). The Morgan fingerprint density at radius 1 is 1.11 bits per heavy atom. The zero-order valence-electron chi connectivity index (χ0n) is 12.0. The van der Waals surface area contributed by atoms with Gasteiger partial charge in [0.2, 0.25) is 0 Å². The van der Waals surface area contributed by atoms with Crippen molar-refractivity contribution in [3.8, 4) is 0 Å². The van der Waals surface area contributed by atoms with Crippen LogP contribution in [0.25, 0.3) is 0 Å². The van der Waals surface area contributed by atoms with Crippen LogP contribution in [-0.2, 0) is 4.79 Å². The highest BCUT2D eigenvalue weighted by molar-refractivity contribution is 5.81. The number of piperazine rings is 1. The third-order valence-corrected chi connectivity index (χ3v) is 4.25. The monoisotopic (exact) mass is 252 g/mol. The van der Waals surface area contributed by atoms with Gasteiger partial charge in [0, 0.05) is 51.6 Å². The van der Waals surface area contributed by atoms with Crippen LogP contribution in [-0.4, -0.2) is 54.9 Å². The average Bonchev–Trinajstić information content (AvgIpc) is 2.34. The third kappa shape index (κ3) is 4.06. The van der Waals surface area contributed by atoms with Gasteiger partial charge in [-0.1, -0.05) is 20.3 Å². The van der Waals surface area contributed by atoms with Crippen LogP contribution in [0.1, 0.15) is 39.5 Å². The zero-order chi connectivity index (χ0) is 13.0. The lowest BCUT2D eigenvalue weighted by Crippen LogP contribution is -2.49. The molecule has 0 spiro atoms. The first-order chi connectivity index (χ1) is 8.65. The minimum absolute atomic E-state index is 0.343. The summed E-state index contributed by atoms with van der Waals surface area (Å²) in [6.07, 6.45) is 4.34. The van der Waals surface area contributed by atoms with Gasteiger partial charge in [-0.3, -0.25) is 4.79 Å². The molecule has 3 nitrogen and oxygen atoms in total. The molecule has 1 saturated carbocycles. The number of carbonyl (C=O) groups is 1. The first-order valence-corrected chi connectivity index (χ1v) is 7.62. The standard InChI is InChI=1S/C15H28N2O/c1-13(2)11-16-7-9-17(10-8-16)12-14-5-3-4-6-15(14)18/h13-14H,3-12H2,1-2H3. The lowest BCUT2D eigenvalue weighted by atomic mass is 9.87. The maximum Gasteiger partial charge on any atom is 0.137 e. The van der Waals surface area contributed by atoms with E-state index in [0.717, 1.165) is 44.8 Å². The Bertz CT molecular complexity index is 270. The van der Waals surface area contributed by atoms with E-state index in [9.17, 15) is 4.79 Å². The van der Waals surface area contributed by atoms with Crippen molar-refractivity contribution in [2.45, 2.75) is 39.5 Å². The van der Waals surface area contributed by atoms with Gasteiger partial charge in [-0.2, -0.15) is 0 Å². The molecule has 18 heavy (non-hydrogen) atoms. The molecule has 1 aliphatic heterocycles. The lowest BCUT2D eigenvalue weighted by molar-refractivity contribution is -0.125. The molecule has 104 valence electrons. The summed E-state index contributed by atoms with van der Waals surface area (Å²) in [5.74, 6) is 1.62. The topological polar surface area (TPSA) is 23.6 Å². The summed E-state index contributed by atoms with van der Waals surface area (Å²) in [5.41, 5.74) is 0. The van der Waals surface area contributed by atoms with Gasteiger partial charge in [0.15, 0.2) is 0 Å². The summed E-state index contributed by atoms with van der Waals surface area (Å²) in [4.78, 5) is 16.9. The van der Waals surface area contributed by atoms with E-state index in [4.69, 9.17) is 0 Å². The van der Waals surface area contributed by atoms with Crippen LogP contribution in [0.3, 0.4) is 0 Å². The van der Waals surface area contributed by atoms with Crippen molar-refractivity contribution < 1.29 is 4.79 Å². The average molecular weight is 252 g/mol. The van der Waals surface area contributed by atoms with Gasteiger partial charge in [-0.25, -0.2) is 0 Å². The highest BCUT2D eigenvalue weighted by atomic mass is 16.1. The molecule has 0 N–H and O–H groups in total. The van der Waals surface area contributed by atoms with Crippen molar-refractivity contribution in [1.82, 2.24) is 9.80 Å². The number of Topliss-reactive ketones (excluding diaryl/α,β-unsaturated/α-hetero) is 1. The minimum Gasteiger partial charge on any atom is -0.301 e. The molecule has 2 aliphatic rings. The van der Waals surface area contributed by atoms with E-state index in [1.54, 1.807) is 0 Å². The molecule has 2 fully saturated rings. The Labute approximate surface area is 112 Å². The third-order valence-electron chi connectivity index (χ3n) is 4.25. The van der Waals surface area contributed by atoms with Crippen molar-refractivity contribution in [3.63, 3.8) is 0 Å². The lowest BCUT2D eigenvalue weighted by Gasteiger charge is -2.37. The molecule has 0 aromatic carbocycles. The van der Waals surface area contributed by atoms with E-state index in [0.29, 0.717) is 11.7 Å². The van der Waals surface area contributed by atoms with Crippen molar-refractivity contribution in [3.05, 3.63) is 0 Å². The van der Waals surface area contributed by atoms with Crippen LogP contribution in [0.5, 0.6) is 0 Å². The number of carbonyl (C=O) groups excluding carboxylic acids is 1. The summed E-state index contributed by atoms with van der Waals surface area (Å²) in [7, 11) is 0. The number of hydrogen-bond donors (Lipinski definition) is 0. The molecule has 3 heteroatoms. The Hall–Kier alpha value is -0.410. The van der Waals surface area contributed by atoms with Crippen molar-refractivity contribution >= 4 is 5.78 Å². The van der Waals surface area contributed by atoms with E-state index in [1.807, 2.05) is 0 Å². The fourth-order valence-electron chi connectivity index (χ4n) is 3.23. The fourth-order valence-corrected chi connectivity index (χ4v) is 3.23. The smallest absolute Gasteiger partial charge is 0.137 e. The molecule has 0 amide bonds. The SMILES string of the molecule is CC(C)CN1CCN(CC2CCCCC2=O)CC1. The van der Waals surface area contributed by atoms with Crippen LogP contribution in [0, 0.1) is 11.8 Å². The predicted octanol–water partition coefficient (Wildman–Crippen LogP) is 2.02. The molecular weight excluding hydrogens is 224 g/mol. The highest BCUT2D eigenvalue weighted by Crippen LogP contribution is 2.22. The van der Waals surface area contributed by atoms with Gasteiger partial charge in [0.25, 0.3) is 0 Å². The largest absolute Gasteiger partial charge is 0.301 e. The summed E-state index contributed by atoms with van der Waals surface area (Å²) >= 11 is 0. The van der Waals surface area contributed by atoms with E-state index in [-0.39, 0.29) is 0 Å². The fraction of sp³-hybridized carbons (Fsp3) is 0.933. The normalized spacial score (nSPS) is 27.9. The molecule has 0 radical (unpaired) electrons. The maximum atomic E-state index is 11.8. The summed E-state index contributed by atoms with van der Waals surface area (Å²) in [6.45, 7) is 11.5. The number of hydrogen-bond acceptors (Lipinski definition) is 3. The number of nitrogens with zero attached hydrogens (tertiary/aromatic N) is 2. The number of rotatable bonds is 4. The Kier molecular flexibility index (Phi) is 5.19. The summed E-state index contributed by atoms with van der Waals surface area (Å²) in [6, 6.07) is 0. The molecule has 1 saturated heterocycles. The van der Waals surface area contributed by atoms with Crippen molar-refractivity contribution in [2.24, 2.45) is 11.8 Å². The molecule has 0 bridgehead atoms. The predicted molar refractivity (Wildman–Crippen MR) is 74.7 cm³/mol. The molecule has 1 heterocycles. The van der Waals surface area contributed by atoms with Crippen LogP contribution in [0.15, 0.2) is 0 Å². The van der Waals surface area contributed by atoms with Gasteiger partial charge in [-0.05, 0) is 18.8 Å². The van der Waals surface area contributed by atoms with Crippen LogP contribution < -0.4 is 0 Å². The second-order valence-electron chi connectivity index (χ2n) is 6.40. The number of ketones is 1. The van der Waals surface area contributed by atoms with Gasteiger partial charge < -0.3 is 9.80 Å². The summed E-state index contributed by atoms with van der Waals surface area (Å²) in [5, 5.41) is 0.